The average Bonchev–Trinajstić information content (AvgIpc) is 2.54. The molecule has 2 rings (SSSR count). The second-order valence-corrected chi connectivity index (χ2v) is 6.82. The van der Waals surface area contributed by atoms with Crippen molar-refractivity contribution in [3.63, 3.8) is 0 Å². The van der Waals surface area contributed by atoms with Crippen LogP contribution in [-0.2, 0) is 11.2 Å². The van der Waals surface area contributed by atoms with E-state index in [1.807, 2.05) is 0 Å². The minimum absolute atomic E-state index is 0.0956. The summed E-state index contributed by atoms with van der Waals surface area (Å²) in [6.07, 6.45) is 10.2. The molecule has 2 nitrogen and oxygen atoms in total. The van der Waals surface area contributed by atoms with Gasteiger partial charge in [0.2, 0.25) is 6.29 Å². The first kappa shape index (κ1) is 17.3. The molecule has 0 aromatic heterocycles. The molecule has 22 heavy (non-hydrogen) atoms. The lowest BCUT2D eigenvalue weighted by Gasteiger charge is -2.31. The van der Waals surface area contributed by atoms with E-state index in [9.17, 15) is 0 Å². The minimum Gasteiger partial charge on any atom is -0.465 e. The summed E-state index contributed by atoms with van der Waals surface area (Å²) in [5.74, 6) is 1.48. The van der Waals surface area contributed by atoms with Gasteiger partial charge < -0.3 is 9.47 Å². The summed E-state index contributed by atoms with van der Waals surface area (Å²) in [6.45, 7) is 6.41. The van der Waals surface area contributed by atoms with Crippen LogP contribution in [0.3, 0.4) is 0 Å². The molecule has 0 saturated heterocycles. The van der Waals surface area contributed by atoms with Crippen molar-refractivity contribution in [2.75, 3.05) is 0 Å². The molecule has 1 atom stereocenters. The zero-order valence-corrected chi connectivity index (χ0v) is 14.5. The molecule has 1 fully saturated rings. The molecule has 0 amide bonds. The van der Waals surface area contributed by atoms with Crippen LogP contribution in [0.2, 0.25) is 0 Å². The van der Waals surface area contributed by atoms with Crippen molar-refractivity contribution < 1.29 is 9.47 Å². The minimum atomic E-state index is -0.0956. The third-order valence-electron chi connectivity index (χ3n) is 4.44. The predicted molar refractivity (Wildman–Crippen MR) is 92.3 cm³/mol. The second kappa shape index (κ2) is 9.19. The molecule has 0 heterocycles. The fourth-order valence-corrected chi connectivity index (χ4v) is 3.16. The number of rotatable bonds is 8. The largest absolute Gasteiger partial charge is 0.465 e. The van der Waals surface area contributed by atoms with Gasteiger partial charge >= 0.3 is 0 Å². The van der Waals surface area contributed by atoms with Gasteiger partial charge in [0.05, 0.1) is 6.10 Å². The smallest absolute Gasteiger partial charge is 0.202 e. The molecule has 0 bridgehead atoms. The molecule has 124 valence electrons. The maximum Gasteiger partial charge on any atom is 0.202 e. The molecule has 1 unspecified atom stereocenters. The summed E-state index contributed by atoms with van der Waals surface area (Å²) >= 11 is 0. The van der Waals surface area contributed by atoms with Gasteiger partial charge in [-0.15, -0.1) is 0 Å². The van der Waals surface area contributed by atoms with Crippen molar-refractivity contribution in [1.82, 2.24) is 0 Å². The van der Waals surface area contributed by atoms with Gasteiger partial charge in [0.25, 0.3) is 0 Å². The van der Waals surface area contributed by atoms with Crippen LogP contribution in [0.4, 0.5) is 0 Å². The Balaban J connectivity index is 1.96. The summed E-state index contributed by atoms with van der Waals surface area (Å²) in [4.78, 5) is 0. The molecule has 1 aromatic rings. The van der Waals surface area contributed by atoms with Crippen molar-refractivity contribution in [2.24, 2.45) is 5.92 Å². The van der Waals surface area contributed by atoms with Crippen molar-refractivity contribution in [3.05, 3.63) is 29.8 Å². The predicted octanol–water partition coefficient (Wildman–Crippen LogP) is 5.74. The highest BCUT2D eigenvalue weighted by atomic mass is 16.7. The van der Waals surface area contributed by atoms with Crippen LogP contribution in [0.25, 0.3) is 0 Å². The second-order valence-electron chi connectivity index (χ2n) is 6.82. The average molecular weight is 304 g/mol. The van der Waals surface area contributed by atoms with Gasteiger partial charge in [0, 0.05) is 5.92 Å². The topological polar surface area (TPSA) is 18.5 Å². The van der Waals surface area contributed by atoms with Gasteiger partial charge in [-0.1, -0.05) is 44.7 Å². The Bertz CT molecular complexity index is 404. The van der Waals surface area contributed by atoms with E-state index in [-0.39, 0.29) is 12.4 Å². The number of unbranched alkanes of at least 4 members (excludes halogenated alkanes) is 1. The fourth-order valence-electron chi connectivity index (χ4n) is 3.16. The molecule has 1 aliphatic rings. The highest BCUT2D eigenvalue weighted by molar-refractivity contribution is 5.27. The maximum atomic E-state index is 6.20. The van der Waals surface area contributed by atoms with Gasteiger partial charge in [-0.3, -0.25) is 0 Å². The third kappa shape index (κ3) is 5.64. The molecule has 2 heteroatoms. The summed E-state index contributed by atoms with van der Waals surface area (Å²) in [7, 11) is 0. The van der Waals surface area contributed by atoms with Gasteiger partial charge in [-0.25, -0.2) is 0 Å². The number of hydrogen-bond acceptors (Lipinski definition) is 2. The number of hydrogen-bond donors (Lipinski definition) is 0. The van der Waals surface area contributed by atoms with Crippen LogP contribution >= 0.6 is 0 Å². The van der Waals surface area contributed by atoms with Gasteiger partial charge in [0.1, 0.15) is 5.75 Å². The lowest BCUT2D eigenvalue weighted by atomic mass is 9.88. The van der Waals surface area contributed by atoms with Crippen molar-refractivity contribution in [2.45, 2.75) is 84.5 Å². The lowest BCUT2D eigenvalue weighted by Crippen LogP contribution is -2.33. The highest BCUT2D eigenvalue weighted by Gasteiger charge is 2.26. The van der Waals surface area contributed by atoms with Crippen molar-refractivity contribution >= 4 is 0 Å². The Labute approximate surface area is 136 Å². The first-order chi connectivity index (χ1) is 10.7. The van der Waals surface area contributed by atoms with E-state index in [4.69, 9.17) is 9.47 Å². The monoisotopic (exact) mass is 304 g/mol. The highest BCUT2D eigenvalue weighted by Crippen LogP contribution is 2.30. The summed E-state index contributed by atoms with van der Waals surface area (Å²) < 4.78 is 12.3. The fraction of sp³-hybridized carbons (Fsp3) is 0.700. The van der Waals surface area contributed by atoms with Crippen LogP contribution in [0.1, 0.15) is 71.3 Å². The Morgan fingerprint density at radius 3 is 2.32 bits per heavy atom. The standard InChI is InChI=1S/C20H32O2/c1-4-5-9-17-12-14-19(15-13-17)22-20(21-16(2)3)18-10-7-6-8-11-18/h12-16,18,20H,4-11H2,1-3H3. The van der Waals surface area contributed by atoms with Crippen LogP contribution in [0.15, 0.2) is 24.3 Å². The van der Waals surface area contributed by atoms with Gasteiger partial charge in [-0.05, 0) is 57.2 Å². The molecule has 1 saturated carbocycles. The van der Waals surface area contributed by atoms with E-state index >= 15 is 0 Å². The van der Waals surface area contributed by atoms with Crippen LogP contribution < -0.4 is 4.74 Å². The van der Waals surface area contributed by atoms with E-state index in [1.54, 1.807) is 0 Å². The molecule has 0 spiro atoms. The number of aryl methyl sites for hydroxylation is 1. The van der Waals surface area contributed by atoms with Crippen LogP contribution in [-0.4, -0.2) is 12.4 Å². The van der Waals surface area contributed by atoms with E-state index < -0.39 is 0 Å². The molecule has 1 aromatic carbocycles. The van der Waals surface area contributed by atoms with Gasteiger partial charge in [-0.2, -0.15) is 0 Å². The Hall–Kier alpha value is -1.02. The number of benzene rings is 1. The Morgan fingerprint density at radius 1 is 1.05 bits per heavy atom. The van der Waals surface area contributed by atoms with Crippen molar-refractivity contribution in [3.8, 4) is 5.75 Å². The molecule has 0 radical (unpaired) electrons. The molecule has 0 aliphatic heterocycles. The first-order valence-electron chi connectivity index (χ1n) is 9.10. The molecule has 1 aliphatic carbocycles. The third-order valence-corrected chi connectivity index (χ3v) is 4.44. The maximum absolute atomic E-state index is 6.20. The van der Waals surface area contributed by atoms with Crippen molar-refractivity contribution in [1.29, 1.82) is 0 Å². The zero-order chi connectivity index (χ0) is 15.8. The normalized spacial score (nSPS) is 17.6. The SMILES string of the molecule is CCCCc1ccc(OC(OC(C)C)C2CCCCC2)cc1. The molecular formula is C20H32O2. The van der Waals surface area contributed by atoms with E-state index in [1.165, 1.54) is 50.5 Å². The summed E-state index contributed by atoms with van der Waals surface area (Å²) in [5, 5.41) is 0. The van der Waals surface area contributed by atoms with Gasteiger partial charge in [0.15, 0.2) is 0 Å². The van der Waals surface area contributed by atoms with Crippen LogP contribution in [0.5, 0.6) is 5.75 Å². The lowest BCUT2D eigenvalue weighted by molar-refractivity contribution is -0.145. The summed E-state index contributed by atoms with van der Waals surface area (Å²) in [5.41, 5.74) is 1.40. The van der Waals surface area contributed by atoms with Crippen LogP contribution in [0, 0.1) is 5.92 Å². The quantitative estimate of drug-likeness (QED) is 0.570. The number of ether oxygens (including phenoxy) is 2. The Morgan fingerprint density at radius 2 is 1.73 bits per heavy atom. The molecular weight excluding hydrogens is 272 g/mol. The summed E-state index contributed by atoms with van der Waals surface area (Å²) in [6, 6.07) is 8.59. The first-order valence-corrected chi connectivity index (χ1v) is 9.10. The zero-order valence-electron chi connectivity index (χ0n) is 14.5. The molecule has 0 N–H and O–H groups in total. The van der Waals surface area contributed by atoms with E-state index in [0.717, 1.165) is 12.2 Å². The van der Waals surface area contributed by atoms with E-state index in [0.29, 0.717) is 5.92 Å². The Kier molecular flexibility index (Phi) is 7.24. The van der Waals surface area contributed by atoms with E-state index in [2.05, 4.69) is 45.0 Å².